The van der Waals surface area contributed by atoms with Gasteiger partial charge in [-0.3, -0.25) is 0 Å². The first-order chi connectivity index (χ1) is 3.27. The average molecular weight is 89.2 g/mol. The van der Waals surface area contributed by atoms with Crippen LogP contribution in [-0.4, -0.2) is 13.1 Å². The van der Waals surface area contributed by atoms with Crippen LogP contribution in [0.4, 0.5) is 0 Å². The molecule has 0 amide bonds. The maximum atomic E-state index is 6.80. The lowest BCUT2D eigenvalue weighted by Crippen LogP contribution is -2.03. The van der Waals surface area contributed by atoms with Crippen LogP contribution in [0.25, 0.3) is 0 Å². The Kier molecular flexibility index (Phi) is 3.35. The molecule has 0 aliphatic rings. The molecular weight excluding hydrogens is 76.1 g/mol. The van der Waals surface area contributed by atoms with Gasteiger partial charge in [0, 0.05) is 1.37 Å². The zero-order chi connectivity index (χ0) is 5.70. The molecule has 0 spiro atoms. The Labute approximate surface area is 39.9 Å². The molecule has 0 radical (unpaired) electrons. The highest BCUT2D eigenvalue weighted by molar-refractivity contribution is 4.38. The van der Waals surface area contributed by atoms with E-state index in [-0.39, 0.29) is 0 Å². The molecule has 0 aromatic heterocycles. The van der Waals surface area contributed by atoms with Gasteiger partial charge in [-0.1, -0.05) is 0 Å². The summed E-state index contributed by atoms with van der Waals surface area (Å²) in [6.07, 6.45) is 1.58. The van der Waals surface area contributed by atoms with Gasteiger partial charge >= 0.3 is 0 Å². The van der Waals surface area contributed by atoms with E-state index in [4.69, 9.17) is 12.8 Å². The van der Waals surface area contributed by atoms with Crippen LogP contribution in [0.2, 0.25) is 0 Å². The molecule has 0 aliphatic carbocycles. The molecule has 0 heterocycles. The summed E-state index contributed by atoms with van der Waals surface area (Å²) < 4.78 is 6.80. The van der Waals surface area contributed by atoms with Crippen molar-refractivity contribution in [3.8, 4) is 0 Å². The van der Waals surface area contributed by atoms with Crippen LogP contribution >= 0.6 is 0 Å². The summed E-state index contributed by atoms with van der Waals surface area (Å²) >= 11 is 0. The normalized spacial score (nSPS) is 16.7. The van der Waals surface area contributed by atoms with Crippen LogP contribution in [0.5, 0.6) is 0 Å². The fourth-order valence-corrected chi connectivity index (χ4v) is 0.236. The molecule has 38 valence electrons. The lowest BCUT2D eigenvalue weighted by molar-refractivity contribution is 0.755. The van der Waals surface area contributed by atoms with Crippen molar-refractivity contribution in [3.63, 3.8) is 0 Å². The Morgan fingerprint density at radius 3 is 2.17 bits per heavy atom. The highest BCUT2D eigenvalue weighted by atomic mass is 14.5. The maximum Gasteiger partial charge on any atom is 0.0425 e. The van der Waals surface area contributed by atoms with E-state index in [1.807, 2.05) is 0 Å². The number of hydrogen-bond acceptors (Lipinski definition) is 2. The second-order valence-corrected chi connectivity index (χ2v) is 1.17. The first-order valence-corrected chi connectivity index (χ1v) is 2.15. The Morgan fingerprint density at radius 1 is 1.33 bits per heavy atom. The molecule has 0 aromatic rings. The predicted octanol–water partition coefficient (Wildman–Crippen LogP) is -0.316. The van der Waals surface area contributed by atoms with E-state index in [1.54, 1.807) is 0 Å². The third kappa shape index (κ3) is 3.92. The van der Waals surface area contributed by atoms with Crippen LogP contribution in [0.3, 0.4) is 0 Å². The first kappa shape index (κ1) is 4.09. The minimum atomic E-state index is -0.427. The number of hydrogen-bond donors (Lipinski definition) is 2. The molecule has 0 saturated heterocycles. The molecule has 4 N–H and O–H groups in total. The van der Waals surface area contributed by atoms with Gasteiger partial charge in [0.2, 0.25) is 0 Å². The predicted molar refractivity (Wildman–Crippen MR) is 27.3 cm³/mol. The minimum absolute atomic E-state index is 0.427. The average Bonchev–Trinajstić information content (AvgIpc) is 1.61. The number of rotatable bonds is 3. The molecule has 0 aliphatic heterocycles. The van der Waals surface area contributed by atoms with Crippen molar-refractivity contribution >= 4 is 0 Å². The quantitative estimate of drug-likeness (QED) is 0.498. The van der Waals surface area contributed by atoms with E-state index < -0.39 is 6.52 Å². The second-order valence-electron chi connectivity index (χ2n) is 1.17. The van der Waals surface area contributed by atoms with Crippen LogP contribution in [0.1, 0.15) is 14.2 Å². The molecular formula is C4H12N2. The highest BCUT2D eigenvalue weighted by Gasteiger charge is 1.75. The first-order valence-electron chi connectivity index (χ1n) is 2.73. The van der Waals surface area contributed by atoms with Crippen LogP contribution in [0, 0.1) is 0 Å². The van der Waals surface area contributed by atoms with E-state index in [0.29, 0.717) is 6.54 Å². The van der Waals surface area contributed by atoms with Gasteiger partial charge in [0.05, 0.1) is 0 Å². The van der Waals surface area contributed by atoms with E-state index in [0.717, 1.165) is 12.8 Å². The lowest BCUT2D eigenvalue weighted by Gasteiger charge is -1.87. The van der Waals surface area contributed by atoms with Crippen molar-refractivity contribution in [2.24, 2.45) is 11.5 Å². The van der Waals surface area contributed by atoms with Crippen molar-refractivity contribution in [2.75, 3.05) is 13.1 Å². The van der Waals surface area contributed by atoms with Gasteiger partial charge in [0.15, 0.2) is 0 Å². The molecule has 0 bridgehead atoms. The smallest absolute Gasteiger partial charge is 0.0425 e. The summed E-state index contributed by atoms with van der Waals surface area (Å²) in [6, 6.07) is 0. The fourth-order valence-electron chi connectivity index (χ4n) is 0.236. The highest BCUT2D eigenvalue weighted by Crippen LogP contribution is 1.77. The summed E-state index contributed by atoms with van der Waals surface area (Å²) in [5, 5.41) is 0. The molecule has 0 rings (SSSR count). The summed E-state index contributed by atoms with van der Waals surface area (Å²) in [4.78, 5) is 0. The largest absolute Gasteiger partial charge is 0.330 e. The van der Waals surface area contributed by atoms with Crippen LogP contribution in [0.15, 0.2) is 0 Å². The molecule has 2 nitrogen and oxygen atoms in total. The Morgan fingerprint density at radius 2 is 2.00 bits per heavy atom. The minimum Gasteiger partial charge on any atom is -0.330 e. The van der Waals surface area contributed by atoms with Gasteiger partial charge in [-0.05, 0) is 25.9 Å². The Bertz CT molecular complexity index is 38.7. The van der Waals surface area contributed by atoms with E-state index in [9.17, 15) is 0 Å². The molecule has 0 fully saturated rings. The zero-order valence-corrected chi connectivity index (χ0v) is 3.85. The molecule has 1 unspecified atom stereocenters. The van der Waals surface area contributed by atoms with E-state index >= 15 is 0 Å². The van der Waals surface area contributed by atoms with Gasteiger partial charge in [0.1, 0.15) is 0 Å². The Hall–Kier alpha value is -0.0800. The van der Waals surface area contributed by atoms with Gasteiger partial charge in [0.25, 0.3) is 0 Å². The van der Waals surface area contributed by atoms with E-state index in [2.05, 4.69) is 0 Å². The standard InChI is InChI=1S/C4H12N2/c5-3-1-2-4-6/h1-6H2/i3D. The summed E-state index contributed by atoms with van der Waals surface area (Å²) in [7, 11) is 0. The van der Waals surface area contributed by atoms with Crippen molar-refractivity contribution in [3.05, 3.63) is 0 Å². The third-order valence-electron chi connectivity index (χ3n) is 0.575. The van der Waals surface area contributed by atoms with Gasteiger partial charge < -0.3 is 11.5 Å². The molecule has 1 atom stereocenters. The topological polar surface area (TPSA) is 52.0 Å². The zero-order valence-electron chi connectivity index (χ0n) is 4.85. The monoisotopic (exact) mass is 89.1 g/mol. The molecule has 0 saturated carbocycles. The van der Waals surface area contributed by atoms with Crippen molar-refractivity contribution in [2.45, 2.75) is 12.8 Å². The van der Waals surface area contributed by atoms with Gasteiger partial charge in [-0.2, -0.15) is 0 Å². The van der Waals surface area contributed by atoms with Crippen molar-refractivity contribution in [1.82, 2.24) is 0 Å². The lowest BCUT2D eigenvalue weighted by atomic mass is 10.3. The summed E-state index contributed by atoms with van der Waals surface area (Å²) in [6.45, 7) is 0.218. The Balaban J connectivity index is 2.68. The molecule has 0 aromatic carbocycles. The van der Waals surface area contributed by atoms with Crippen LogP contribution in [-0.2, 0) is 0 Å². The summed E-state index contributed by atoms with van der Waals surface area (Å²) in [5.41, 5.74) is 10.2. The second kappa shape index (κ2) is 4.92. The van der Waals surface area contributed by atoms with Gasteiger partial charge in [-0.25, -0.2) is 0 Å². The molecule has 6 heavy (non-hydrogen) atoms. The number of nitrogens with two attached hydrogens (primary N) is 2. The molecule has 2 heteroatoms. The SMILES string of the molecule is [2H]C(N)CCCN. The fraction of sp³-hybridized carbons (Fsp3) is 1.00. The van der Waals surface area contributed by atoms with Gasteiger partial charge in [-0.15, -0.1) is 0 Å². The van der Waals surface area contributed by atoms with Crippen molar-refractivity contribution < 1.29 is 1.37 Å². The summed E-state index contributed by atoms with van der Waals surface area (Å²) in [5.74, 6) is 0. The third-order valence-corrected chi connectivity index (χ3v) is 0.575. The maximum absolute atomic E-state index is 6.80. The van der Waals surface area contributed by atoms with Crippen LogP contribution < -0.4 is 11.5 Å². The van der Waals surface area contributed by atoms with Crippen molar-refractivity contribution in [1.29, 1.82) is 0 Å². The van der Waals surface area contributed by atoms with E-state index in [1.165, 1.54) is 0 Å².